The van der Waals surface area contributed by atoms with Gasteiger partial charge in [0.15, 0.2) is 0 Å². The SMILES string of the molecule is N#CC1=C2C=CC=C3OC(=O)[N+]4=C(C(=C1)N(c1cccc5ccccc15)c1cc5oc6ccccc6c5cc14)C32. The lowest BCUT2D eigenvalue weighted by Gasteiger charge is -2.38. The van der Waals surface area contributed by atoms with Gasteiger partial charge in [-0.1, -0.05) is 71.3 Å². The van der Waals surface area contributed by atoms with E-state index >= 15 is 0 Å². The Labute approximate surface area is 227 Å². The minimum absolute atomic E-state index is 0.375. The highest BCUT2D eigenvalue weighted by Gasteiger charge is 2.54. The van der Waals surface area contributed by atoms with E-state index in [-0.39, 0.29) is 5.92 Å². The van der Waals surface area contributed by atoms with Crippen molar-refractivity contribution < 1.29 is 18.5 Å². The molecular formula is C34H18N3O3+. The van der Waals surface area contributed by atoms with E-state index in [4.69, 9.17) is 9.15 Å². The molecule has 0 spiro atoms. The topological polar surface area (TPSA) is 69.5 Å². The van der Waals surface area contributed by atoms with Crippen molar-refractivity contribution in [3.05, 3.63) is 126 Å². The maximum absolute atomic E-state index is 13.7. The van der Waals surface area contributed by atoms with E-state index < -0.39 is 6.09 Å². The van der Waals surface area contributed by atoms with Crippen LogP contribution in [0.15, 0.2) is 130 Å². The van der Waals surface area contributed by atoms with E-state index in [1.54, 1.807) is 4.58 Å². The third-order valence-electron chi connectivity index (χ3n) is 8.21. The summed E-state index contributed by atoms with van der Waals surface area (Å²) in [6.07, 6.45) is 7.02. The van der Waals surface area contributed by atoms with Gasteiger partial charge in [0.2, 0.25) is 11.4 Å². The second kappa shape index (κ2) is 7.46. The summed E-state index contributed by atoms with van der Waals surface area (Å²) in [4.78, 5) is 15.9. The van der Waals surface area contributed by atoms with Gasteiger partial charge in [0, 0.05) is 28.3 Å². The number of hydrogen-bond acceptors (Lipinski definition) is 5. The molecule has 1 aromatic heterocycles. The van der Waals surface area contributed by atoms with E-state index in [1.165, 1.54) is 0 Å². The number of rotatable bonds is 1. The van der Waals surface area contributed by atoms with Crippen molar-refractivity contribution in [2.75, 3.05) is 4.90 Å². The number of ether oxygens (including phenoxy) is 1. The van der Waals surface area contributed by atoms with Crippen molar-refractivity contribution >= 4 is 61.6 Å². The van der Waals surface area contributed by atoms with Crippen molar-refractivity contribution in [3.8, 4) is 6.07 Å². The molecule has 9 rings (SSSR count). The highest BCUT2D eigenvalue weighted by atomic mass is 16.6. The number of furan rings is 1. The number of fused-ring (bicyclic) bond motifs is 6. The van der Waals surface area contributed by atoms with Gasteiger partial charge in [-0.2, -0.15) is 10.1 Å². The molecule has 0 fully saturated rings. The fourth-order valence-corrected chi connectivity index (χ4v) is 6.55. The van der Waals surface area contributed by atoms with Crippen molar-refractivity contribution in [1.29, 1.82) is 5.26 Å². The van der Waals surface area contributed by atoms with E-state index in [1.807, 2.05) is 78.9 Å². The Balaban J connectivity index is 1.46. The smallest absolute Gasteiger partial charge is 0.456 e. The zero-order chi connectivity index (χ0) is 26.5. The summed E-state index contributed by atoms with van der Waals surface area (Å²) in [6, 6.07) is 28.8. The summed E-state index contributed by atoms with van der Waals surface area (Å²) in [5.74, 6) is 0.156. The van der Waals surface area contributed by atoms with E-state index in [9.17, 15) is 10.1 Å². The van der Waals surface area contributed by atoms with Gasteiger partial charge < -0.3 is 9.15 Å². The molecule has 6 heteroatoms. The molecule has 4 aliphatic rings. The zero-order valence-corrected chi connectivity index (χ0v) is 21.0. The summed E-state index contributed by atoms with van der Waals surface area (Å²) in [5.41, 5.74) is 6.84. The Morgan fingerprint density at radius 2 is 1.70 bits per heavy atom. The van der Waals surface area contributed by atoms with Gasteiger partial charge in [-0.3, -0.25) is 4.90 Å². The first-order valence-corrected chi connectivity index (χ1v) is 13.1. The molecule has 4 aromatic carbocycles. The summed E-state index contributed by atoms with van der Waals surface area (Å²) in [6.45, 7) is 0. The monoisotopic (exact) mass is 516 g/mol. The lowest BCUT2D eigenvalue weighted by atomic mass is 9.78. The van der Waals surface area contributed by atoms with Crippen LogP contribution in [0.1, 0.15) is 0 Å². The van der Waals surface area contributed by atoms with Crippen LogP contribution in [-0.2, 0) is 4.74 Å². The van der Waals surface area contributed by atoms with Gasteiger partial charge in [0.05, 0.1) is 17.3 Å². The molecular weight excluding hydrogens is 498 g/mol. The summed E-state index contributed by atoms with van der Waals surface area (Å²) >= 11 is 0. The molecule has 1 atom stereocenters. The van der Waals surface area contributed by atoms with E-state index in [0.29, 0.717) is 22.6 Å². The average molecular weight is 517 g/mol. The minimum atomic E-state index is -0.468. The molecule has 6 nitrogen and oxygen atoms in total. The van der Waals surface area contributed by atoms with Crippen LogP contribution < -0.4 is 4.90 Å². The summed E-state index contributed by atoms with van der Waals surface area (Å²) in [7, 11) is 0. The van der Waals surface area contributed by atoms with E-state index in [0.717, 1.165) is 55.5 Å². The lowest BCUT2D eigenvalue weighted by Crippen LogP contribution is -2.47. The number of carbonyl (C=O) groups is 1. The predicted molar refractivity (Wildman–Crippen MR) is 153 cm³/mol. The van der Waals surface area contributed by atoms with Gasteiger partial charge in [-0.25, -0.2) is 0 Å². The Morgan fingerprint density at radius 1 is 0.875 bits per heavy atom. The van der Waals surface area contributed by atoms with Crippen LogP contribution in [0.2, 0.25) is 0 Å². The van der Waals surface area contributed by atoms with Crippen LogP contribution in [0.5, 0.6) is 0 Å². The molecule has 0 radical (unpaired) electrons. The van der Waals surface area contributed by atoms with Crippen LogP contribution in [0.25, 0.3) is 32.7 Å². The van der Waals surface area contributed by atoms with Crippen molar-refractivity contribution in [3.63, 3.8) is 0 Å². The number of hydrogen-bond donors (Lipinski definition) is 0. The molecule has 40 heavy (non-hydrogen) atoms. The number of para-hydroxylation sites is 1. The lowest BCUT2D eigenvalue weighted by molar-refractivity contribution is -0.363. The van der Waals surface area contributed by atoms with Gasteiger partial charge in [0.1, 0.15) is 34.2 Å². The Bertz CT molecular complexity index is 2230. The number of allylic oxidation sites excluding steroid dienone is 7. The van der Waals surface area contributed by atoms with Gasteiger partial charge in [0.25, 0.3) is 0 Å². The predicted octanol–water partition coefficient (Wildman–Crippen LogP) is 7.91. The third-order valence-corrected chi connectivity index (χ3v) is 8.21. The number of anilines is 2. The molecule has 0 N–H and O–H groups in total. The summed E-state index contributed by atoms with van der Waals surface area (Å²) in [5, 5.41) is 14.3. The van der Waals surface area contributed by atoms with Crippen molar-refractivity contribution in [1.82, 2.24) is 0 Å². The molecule has 2 aliphatic carbocycles. The number of benzene rings is 4. The number of carbonyl (C=O) groups excluding carboxylic acids is 1. The first-order valence-electron chi connectivity index (χ1n) is 13.1. The number of amides is 1. The maximum atomic E-state index is 13.7. The molecule has 3 heterocycles. The van der Waals surface area contributed by atoms with Crippen LogP contribution in [0, 0.1) is 17.2 Å². The molecule has 0 saturated heterocycles. The average Bonchev–Trinajstić information content (AvgIpc) is 3.35. The Kier molecular flexibility index (Phi) is 3.97. The molecule has 186 valence electrons. The molecule has 5 aromatic rings. The first-order chi connectivity index (χ1) is 19.7. The molecule has 0 saturated carbocycles. The van der Waals surface area contributed by atoms with Crippen molar-refractivity contribution in [2.45, 2.75) is 0 Å². The molecule has 1 amide bonds. The fourth-order valence-electron chi connectivity index (χ4n) is 6.55. The highest BCUT2D eigenvalue weighted by molar-refractivity contribution is 6.17. The Morgan fingerprint density at radius 3 is 2.60 bits per heavy atom. The number of nitriles is 1. The third kappa shape index (κ3) is 2.61. The fraction of sp³-hybridized carbons (Fsp3) is 0.0294. The molecule has 1 unspecified atom stereocenters. The molecule has 2 aliphatic heterocycles. The largest absolute Gasteiger partial charge is 0.608 e. The second-order valence-corrected chi connectivity index (χ2v) is 10.2. The van der Waals surface area contributed by atoms with Crippen molar-refractivity contribution in [2.24, 2.45) is 5.92 Å². The van der Waals surface area contributed by atoms with Gasteiger partial charge >= 0.3 is 6.09 Å². The second-order valence-electron chi connectivity index (χ2n) is 10.2. The van der Waals surface area contributed by atoms with Crippen LogP contribution in [0.4, 0.5) is 21.9 Å². The minimum Gasteiger partial charge on any atom is -0.456 e. The van der Waals surface area contributed by atoms with Gasteiger partial charge in [-0.15, -0.1) is 0 Å². The number of nitrogens with zero attached hydrogens (tertiary/aromatic N) is 3. The molecule has 0 bridgehead atoms. The summed E-state index contributed by atoms with van der Waals surface area (Å²) < 4.78 is 13.9. The normalized spacial score (nSPS) is 18.9. The Hall–Kier alpha value is -5.67. The quantitative estimate of drug-likeness (QED) is 0.212. The maximum Gasteiger partial charge on any atom is 0.608 e. The van der Waals surface area contributed by atoms with Crippen LogP contribution in [0.3, 0.4) is 0 Å². The zero-order valence-electron chi connectivity index (χ0n) is 21.0. The highest BCUT2D eigenvalue weighted by Crippen LogP contribution is 2.52. The standard InChI is InChI=1S/C34H18N3O3/c35-18-20-15-28-33-32-22(20)11-6-14-30(32)40-34(38)37(33)26-16-24-23-10-3-4-13-29(23)39-31(24)17-27(26)36(28)25-12-5-8-19-7-1-2-9-21(19)25/h1-17,32H/q+1. The van der Waals surface area contributed by atoms with E-state index in [2.05, 4.69) is 35.2 Å². The van der Waals surface area contributed by atoms with Gasteiger partial charge in [-0.05, 0) is 35.2 Å². The van der Waals surface area contributed by atoms with Crippen LogP contribution >= 0.6 is 0 Å². The van der Waals surface area contributed by atoms with Crippen LogP contribution in [-0.4, -0.2) is 16.4 Å². The first kappa shape index (κ1) is 21.3.